The summed E-state index contributed by atoms with van der Waals surface area (Å²) in [6, 6.07) is 22.1. The molecule has 5 nitrogen and oxygen atoms in total. The van der Waals surface area contributed by atoms with Crippen LogP contribution in [0.4, 0.5) is 5.95 Å². The van der Waals surface area contributed by atoms with Gasteiger partial charge in [0.15, 0.2) is 0 Å². The van der Waals surface area contributed by atoms with E-state index < -0.39 is 0 Å². The van der Waals surface area contributed by atoms with Crippen molar-refractivity contribution in [3.8, 4) is 0 Å². The molecule has 1 aliphatic rings. The molecular weight excluding hydrogens is 374 g/mol. The monoisotopic (exact) mass is 397 g/mol. The fraction of sp³-hybridized carbons (Fsp3) is 0.200. The highest BCUT2D eigenvalue weighted by Gasteiger charge is 2.36. The molecule has 0 saturated heterocycles. The SMILES string of the molecule is CC1=C(C(=O)OC(C)C)[C@@H](c2cccc3ccccc23)n2c(nc3ccccc32)N1. The Bertz CT molecular complexity index is 1310. The molecule has 0 bridgehead atoms. The van der Waals surface area contributed by atoms with Gasteiger partial charge in [-0.3, -0.25) is 4.57 Å². The van der Waals surface area contributed by atoms with Crippen LogP contribution in [0.2, 0.25) is 0 Å². The van der Waals surface area contributed by atoms with Crippen molar-refractivity contribution >= 4 is 33.7 Å². The number of benzene rings is 3. The molecule has 3 aromatic carbocycles. The number of rotatable bonds is 3. The van der Waals surface area contributed by atoms with Crippen LogP contribution in [0.5, 0.6) is 0 Å². The lowest BCUT2D eigenvalue weighted by atomic mass is 9.91. The zero-order valence-corrected chi connectivity index (χ0v) is 17.2. The van der Waals surface area contributed by atoms with Crippen LogP contribution in [-0.2, 0) is 9.53 Å². The Labute approximate surface area is 175 Å². The second-order valence-electron chi connectivity index (χ2n) is 7.88. The second-order valence-corrected chi connectivity index (χ2v) is 7.88. The lowest BCUT2D eigenvalue weighted by molar-refractivity contribution is -0.143. The molecule has 0 aliphatic carbocycles. The largest absolute Gasteiger partial charge is 0.459 e. The number of allylic oxidation sites excluding steroid dienone is 1. The summed E-state index contributed by atoms with van der Waals surface area (Å²) < 4.78 is 7.77. The summed E-state index contributed by atoms with van der Waals surface area (Å²) in [6.45, 7) is 5.65. The first-order valence-corrected chi connectivity index (χ1v) is 10.2. The lowest BCUT2D eigenvalue weighted by Gasteiger charge is -2.31. The lowest BCUT2D eigenvalue weighted by Crippen LogP contribution is -2.30. The number of carbonyl (C=O) groups is 1. The zero-order chi connectivity index (χ0) is 20.8. The van der Waals surface area contributed by atoms with Crippen molar-refractivity contribution in [2.75, 3.05) is 5.32 Å². The molecule has 5 heteroatoms. The van der Waals surface area contributed by atoms with Gasteiger partial charge in [-0.25, -0.2) is 9.78 Å². The summed E-state index contributed by atoms with van der Waals surface area (Å²) in [7, 11) is 0. The fourth-order valence-electron chi connectivity index (χ4n) is 4.29. The summed E-state index contributed by atoms with van der Waals surface area (Å²) in [6.07, 6.45) is -0.202. The Balaban J connectivity index is 1.82. The Morgan fingerprint density at radius 3 is 2.60 bits per heavy atom. The molecule has 2 heterocycles. The van der Waals surface area contributed by atoms with Crippen LogP contribution in [0.3, 0.4) is 0 Å². The first kappa shape index (κ1) is 18.4. The van der Waals surface area contributed by atoms with Crippen LogP contribution in [0.1, 0.15) is 32.4 Å². The van der Waals surface area contributed by atoms with Crippen molar-refractivity contribution in [1.29, 1.82) is 0 Å². The number of imidazole rings is 1. The van der Waals surface area contributed by atoms with Gasteiger partial charge in [0.05, 0.1) is 28.8 Å². The van der Waals surface area contributed by atoms with E-state index in [9.17, 15) is 4.79 Å². The molecule has 0 amide bonds. The minimum Gasteiger partial charge on any atom is -0.459 e. The summed E-state index contributed by atoms with van der Waals surface area (Å²) in [5.74, 6) is 0.420. The van der Waals surface area contributed by atoms with Gasteiger partial charge in [-0.05, 0) is 49.2 Å². The van der Waals surface area contributed by atoms with Crippen molar-refractivity contribution < 1.29 is 9.53 Å². The van der Waals surface area contributed by atoms with Crippen molar-refractivity contribution in [2.24, 2.45) is 0 Å². The summed E-state index contributed by atoms with van der Waals surface area (Å²) in [5, 5.41) is 5.57. The van der Waals surface area contributed by atoms with Crippen LogP contribution in [0, 0.1) is 0 Å². The highest BCUT2D eigenvalue weighted by molar-refractivity contribution is 5.96. The molecule has 5 rings (SSSR count). The molecule has 150 valence electrons. The average Bonchev–Trinajstić information content (AvgIpc) is 3.09. The van der Waals surface area contributed by atoms with Gasteiger partial charge in [0, 0.05) is 5.70 Å². The smallest absolute Gasteiger partial charge is 0.338 e. The molecule has 0 saturated carbocycles. The summed E-state index contributed by atoms with van der Waals surface area (Å²) in [5.41, 5.74) is 4.28. The summed E-state index contributed by atoms with van der Waals surface area (Å²) >= 11 is 0. The maximum Gasteiger partial charge on any atom is 0.338 e. The van der Waals surface area contributed by atoms with E-state index in [1.165, 1.54) is 0 Å². The van der Waals surface area contributed by atoms with Gasteiger partial charge >= 0.3 is 5.97 Å². The van der Waals surface area contributed by atoms with Crippen LogP contribution in [0.15, 0.2) is 78.0 Å². The molecule has 0 fully saturated rings. The van der Waals surface area contributed by atoms with Gasteiger partial charge < -0.3 is 10.1 Å². The standard InChI is InChI=1S/C25H23N3O2/c1-15(2)30-24(29)22-16(3)26-25-27-20-13-6-7-14-21(20)28(25)23(22)19-12-8-10-17-9-4-5-11-18(17)19/h4-15,23H,1-3H3,(H,26,27)/t23-/m1/s1. The zero-order valence-electron chi connectivity index (χ0n) is 17.2. The van der Waals surface area contributed by atoms with Gasteiger partial charge in [-0.2, -0.15) is 0 Å². The molecule has 1 aliphatic heterocycles. The van der Waals surface area contributed by atoms with Crippen LogP contribution in [0.25, 0.3) is 21.8 Å². The maximum atomic E-state index is 13.3. The van der Waals surface area contributed by atoms with Crippen molar-refractivity contribution in [1.82, 2.24) is 9.55 Å². The van der Waals surface area contributed by atoms with Gasteiger partial charge in [-0.15, -0.1) is 0 Å². The molecular formula is C25H23N3O2. The topological polar surface area (TPSA) is 56.2 Å². The molecule has 0 spiro atoms. The minimum absolute atomic E-state index is 0.202. The number of carbonyl (C=O) groups excluding carboxylic acids is 1. The van der Waals surface area contributed by atoms with Crippen LogP contribution < -0.4 is 5.32 Å². The predicted molar refractivity (Wildman–Crippen MR) is 119 cm³/mol. The van der Waals surface area contributed by atoms with E-state index >= 15 is 0 Å². The third kappa shape index (κ3) is 2.86. The normalized spacial score (nSPS) is 16.1. The van der Waals surface area contributed by atoms with E-state index in [0.717, 1.165) is 39.0 Å². The Hall–Kier alpha value is -3.60. The number of para-hydroxylation sites is 2. The number of nitrogens with one attached hydrogen (secondary N) is 1. The molecule has 4 aromatic rings. The van der Waals surface area contributed by atoms with Crippen molar-refractivity contribution in [3.63, 3.8) is 0 Å². The Kier molecular flexibility index (Phi) is 4.31. The number of ether oxygens (including phenoxy) is 1. The summed E-state index contributed by atoms with van der Waals surface area (Å²) in [4.78, 5) is 18.0. The number of aromatic nitrogens is 2. The highest BCUT2D eigenvalue weighted by atomic mass is 16.5. The third-order valence-corrected chi connectivity index (χ3v) is 5.51. The van der Waals surface area contributed by atoms with Crippen molar-refractivity contribution in [2.45, 2.75) is 32.9 Å². The fourth-order valence-corrected chi connectivity index (χ4v) is 4.29. The van der Waals surface area contributed by atoms with E-state index in [-0.39, 0.29) is 18.1 Å². The number of hydrogen-bond donors (Lipinski definition) is 1. The van der Waals surface area contributed by atoms with Crippen LogP contribution >= 0.6 is 0 Å². The average molecular weight is 397 g/mol. The molecule has 0 unspecified atom stereocenters. The molecule has 30 heavy (non-hydrogen) atoms. The first-order valence-electron chi connectivity index (χ1n) is 10.2. The van der Waals surface area contributed by atoms with E-state index in [1.807, 2.05) is 63.2 Å². The molecule has 1 atom stereocenters. The number of anilines is 1. The highest BCUT2D eigenvalue weighted by Crippen LogP contribution is 2.41. The minimum atomic E-state index is -0.342. The van der Waals surface area contributed by atoms with Gasteiger partial charge in [0.1, 0.15) is 0 Å². The Morgan fingerprint density at radius 1 is 1.03 bits per heavy atom. The Morgan fingerprint density at radius 2 is 1.77 bits per heavy atom. The number of fused-ring (bicyclic) bond motifs is 4. The first-order chi connectivity index (χ1) is 14.5. The van der Waals surface area contributed by atoms with E-state index in [1.54, 1.807) is 0 Å². The quantitative estimate of drug-likeness (QED) is 0.468. The van der Waals surface area contributed by atoms with Crippen LogP contribution in [-0.4, -0.2) is 21.6 Å². The number of esters is 1. The third-order valence-electron chi connectivity index (χ3n) is 5.51. The van der Waals surface area contributed by atoms with E-state index in [0.29, 0.717) is 5.57 Å². The number of nitrogens with zero attached hydrogens (tertiary/aromatic N) is 2. The number of hydrogen-bond acceptors (Lipinski definition) is 4. The molecule has 0 radical (unpaired) electrons. The predicted octanol–water partition coefficient (Wildman–Crippen LogP) is 5.43. The second kappa shape index (κ2) is 7.02. The van der Waals surface area contributed by atoms with Crippen molar-refractivity contribution in [3.05, 3.63) is 83.6 Å². The van der Waals surface area contributed by atoms with E-state index in [2.05, 4.69) is 34.1 Å². The maximum absolute atomic E-state index is 13.3. The molecule has 1 N–H and O–H groups in total. The van der Waals surface area contributed by atoms with Gasteiger partial charge in [-0.1, -0.05) is 54.6 Å². The molecule has 1 aromatic heterocycles. The van der Waals surface area contributed by atoms with E-state index in [4.69, 9.17) is 9.72 Å². The van der Waals surface area contributed by atoms with Gasteiger partial charge in [0.25, 0.3) is 0 Å². The van der Waals surface area contributed by atoms with Gasteiger partial charge in [0.2, 0.25) is 5.95 Å².